The van der Waals surface area contributed by atoms with Crippen LogP contribution in [0.15, 0.2) is 10.7 Å². The van der Waals surface area contributed by atoms with Crippen molar-refractivity contribution in [2.75, 3.05) is 0 Å². The monoisotopic (exact) mass is 250 g/mol. The summed E-state index contributed by atoms with van der Waals surface area (Å²) in [6.45, 7) is 1.66. The summed E-state index contributed by atoms with van der Waals surface area (Å²) in [4.78, 5) is 13.8. The minimum absolute atomic E-state index is 0.0393. The Balaban J connectivity index is 3.43. The largest absolute Gasteiger partial charge is 0.305 e. The van der Waals surface area contributed by atoms with Crippen molar-refractivity contribution in [1.82, 2.24) is 4.98 Å². The third kappa shape index (κ3) is 1.56. The van der Waals surface area contributed by atoms with Gasteiger partial charge in [0.05, 0.1) is 16.8 Å². The average Bonchev–Trinajstić information content (AvgIpc) is 1.97. The first-order valence-electron chi connectivity index (χ1n) is 2.99. The van der Waals surface area contributed by atoms with Crippen LogP contribution >= 0.6 is 27.5 Å². The SMILES string of the molecule is Cc1ncc(Cl)c([N+](=O)[O-])c1Br. The molecule has 0 radical (unpaired) electrons. The quantitative estimate of drug-likeness (QED) is 0.569. The van der Waals surface area contributed by atoms with Crippen LogP contribution in [0.25, 0.3) is 0 Å². The van der Waals surface area contributed by atoms with Crippen LogP contribution < -0.4 is 0 Å². The van der Waals surface area contributed by atoms with Crippen LogP contribution in [-0.4, -0.2) is 9.91 Å². The van der Waals surface area contributed by atoms with E-state index >= 15 is 0 Å². The number of hydrogen-bond acceptors (Lipinski definition) is 3. The van der Waals surface area contributed by atoms with E-state index in [9.17, 15) is 10.1 Å². The van der Waals surface area contributed by atoms with Crippen molar-refractivity contribution < 1.29 is 4.92 Å². The second-order valence-electron chi connectivity index (χ2n) is 2.11. The lowest BCUT2D eigenvalue weighted by Crippen LogP contribution is -1.94. The summed E-state index contributed by atoms with van der Waals surface area (Å²) in [6, 6.07) is 0. The van der Waals surface area contributed by atoms with E-state index in [1.807, 2.05) is 0 Å². The van der Waals surface area contributed by atoms with Crippen molar-refractivity contribution in [2.45, 2.75) is 6.92 Å². The Morgan fingerprint density at radius 1 is 1.75 bits per heavy atom. The van der Waals surface area contributed by atoms with Gasteiger partial charge in [0.25, 0.3) is 0 Å². The second-order valence-corrected chi connectivity index (χ2v) is 3.31. The summed E-state index contributed by atoms with van der Waals surface area (Å²) < 4.78 is 0.333. The topological polar surface area (TPSA) is 56.0 Å². The third-order valence-corrected chi connectivity index (χ3v) is 2.53. The fourth-order valence-electron chi connectivity index (χ4n) is 0.715. The molecule has 0 unspecified atom stereocenters. The predicted molar refractivity (Wildman–Crippen MR) is 48.3 cm³/mol. The molecule has 0 bridgehead atoms. The van der Waals surface area contributed by atoms with Gasteiger partial charge in [-0.1, -0.05) is 11.6 Å². The number of pyridine rings is 1. The maximum absolute atomic E-state index is 10.5. The van der Waals surface area contributed by atoms with Crippen LogP contribution in [-0.2, 0) is 0 Å². The van der Waals surface area contributed by atoms with Crippen LogP contribution in [0.4, 0.5) is 5.69 Å². The van der Waals surface area contributed by atoms with E-state index < -0.39 is 4.92 Å². The van der Waals surface area contributed by atoms with Gasteiger partial charge in [-0.15, -0.1) is 0 Å². The molecule has 4 nitrogen and oxygen atoms in total. The second kappa shape index (κ2) is 3.37. The molecule has 1 aromatic heterocycles. The number of nitrogens with zero attached hydrogens (tertiary/aromatic N) is 2. The molecule has 0 atom stereocenters. The Kier molecular flexibility index (Phi) is 2.64. The van der Waals surface area contributed by atoms with Crippen LogP contribution in [0.1, 0.15) is 5.69 Å². The van der Waals surface area contributed by atoms with Gasteiger partial charge in [0.2, 0.25) is 0 Å². The highest BCUT2D eigenvalue weighted by Crippen LogP contribution is 2.33. The lowest BCUT2D eigenvalue weighted by Gasteiger charge is -1.99. The molecule has 1 heterocycles. The van der Waals surface area contributed by atoms with Gasteiger partial charge in [-0.05, 0) is 22.9 Å². The zero-order valence-corrected chi connectivity index (χ0v) is 8.39. The van der Waals surface area contributed by atoms with Crippen LogP contribution in [0.2, 0.25) is 5.02 Å². The first kappa shape index (κ1) is 9.41. The zero-order chi connectivity index (χ0) is 9.30. The summed E-state index contributed by atoms with van der Waals surface area (Å²) in [5.41, 5.74) is 0.412. The molecule has 0 amide bonds. The van der Waals surface area contributed by atoms with Crippen LogP contribution in [0.5, 0.6) is 0 Å². The smallest absolute Gasteiger partial charge is 0.258 e. The molecule has 0 aromatic carbocycles. The summed E-state index contributed by atoms with van der Waals surface area (Å²) >= 11 is 8.61. The Morgan fingerprint density at radius 3 is 2.75 bits per heavy atom. The van der Waals surface area contributed by atoms with Crippen molar-refractivity contribution in [1.29, 1.82) is 0 Å². The van der Waals surface area contributed by atoms with Crippen molar-refractivity contribution in [3.63, 3.8) is 0 Å². The molecular formula is C6H4BrClN2O2. The van der Waals surface area contributed by atoms with Gasteiger partial charge < -0.3 is 0 Å². The van der Waals surface area contributed by atoms with Crippen molar-refractivity contribution in [3.05, 3.63) is 31.5 Å². The van der Waals surface area contributed by atoms with Gasteiger partial charge in [-0.2, -0.15) is 0 Å². The third-order valence-electron chi connectivity index (χ3n) is 1.31. The van der Waals surface area contributed by atoms with E-state index in [2.05, 4.69) is 20.9 Å². The van der Waals surface area contributed by atoms with Crippen molar-refractivity contribution in [2.24, 2.45) is 0 Å². The van der Waals surface area contributed by atoms with E-state index in [1.165, 1.54) is 6.20 Å². The standard InChI is InChI=1S/C6H4BrClN2O2/c1-3-5(7)6(10(11)12)4(8)2-9-3/h2H,1H3. The molecule has 64 valence electrons. The Labute approximate surface area is 81.8 Å². The first-order chi connectivity index (χ1) is 5.54. The van der Waals surface area contributed by atoms with Gasteiger partial charge in [0, 0.05) is 0 Å². The molecule has 0 N–H and O–H groups in total. The van der Waals surface area contributed by atoms with E-state index in [0.29, 0.717) is 10.2 Å². The molecule has 1 aromatic rings. The van der Waals surface area contributed by atoms with Gasteiger partial charge in [0.15, 0.2) is 0 Å². The number of rotatable bonds is 1. The van der Waals surface area contributed by atoms with Gasteiger partial charge in [0.1, 0.15) is 9.50 Å². The molecule has 0 aliphatic carbocycles. The molecule has 0 saturated carbocycles. The highest BCUT2D eigenvalue weighted by atomic mass is 79.9. The number of aryl methyl sites for hydroxylation is 1. The summed E-state index contributed by atoms with van der Waals surface area (Å²) in [5.74, 6) is 0. The molecule has 0 fully saturated rings. The Morgan fingerprint density at radius 2 is 2.33 bits per heavy atom. The molecule has 6 heteroatoms. The van der Waals surface area contributed by atoms with Crippen LogP contribution in [0, 0.1) is 17.0 Å². The van der Waals surface area contributed by atoms with Gasteiger partial charge >= 0.3 is 5.69 Å². The van der Waals surface area contributed by atoms with E-state index in [0.717, 1.165) is 0 Å². The normalized spacial score (nSPS) is 9.92. The zero-order valence-electron chi connectivity index (χ0n) is 6.04. The maximum Gasteiger partial charge on any atom is 0.305 e. The molecule has 0 aliphatic heterocycles. The van der Waals surface area contributed by atoms with Gasteiger partial charge in [-0.25, -0.2) is 0 Å². The Hall–Kier alpha value is -0.680. The summed E-state index contributed by atoms with van der Waals surface area (Å²) in [6.07, 6.45) is 1.26. The van der Waals surface area contributed by atoms with Gasteiger partial charge in [-0.3, -0.25) is 15.1 Å². The molecule has 0 saturated heterocycles. The lowest BCUT2D eigenvalue weighted by atomic mass is 10.3. The predicted octanol–water partition coefficient (Wildman–Crippen LogP) is 2.71. The number of aromatic nitrogens is 1. The highest BCUT2D eigenvalue weighted by molar-refractivity contribution is 9.10. The van der Waals surface area contributed by atoms with Crippen LogP contribution in [0.3, 0.4) is 0 Å². The lowest BCUT2D eigenvalue weighted by molar-refractivity contribution is -0.385. The summed E-state index contributed by atoms with van der Waals surface area (Å²) in [5, 5.41) is 10.5. The molecular weight excluding hydrogens is 247 g/mol. The van der Waals surface area contributed by atoms with Crippen molar-refractivity contribution >= 4 is 33.2 Å². The van der Waals surface area contributed by atoms with E-state index in [-0.39, 0.29) is 10.7 Å². The minimum Gasteiger partial charge on any atom is -0.258 e. The molecule has 12 heavy (non-hydrogen) atoms. The fraction of sp³-hybridized carbons (Fsp3) is 0.167. The van der Waals surface area contributed by atoms with Crippen molar-refractivity contribution in [3.8, 4) is 0 Å². The molecule has 0 aliphatic rings. The number of nitro groups is 1. The van der Waals surface area contributed by atoms with E-state index in [1.54, 1.807) is 6.92 Å². The summed E-state index contributed by atoms with van der Waals surface area (Å²) in [7, 11) is 0. The highest BCUT2D eigenvalue weighted by Gasteiger charge is 2.19. The molecule has 1 rings (SSSR count). The number of hydrogen-bond donors (Lipinski definition) is 0. The fourth-order valence-corrected chi connectivity index (χ4v) is 1.50. The number of halogens is 2. The first-order valence-corrected chi connectivity index (χ1v) is 4.16. The maximum atomic E-state index is 10.5. The Bertz CT molecular complexity index is 343. The average molecular weight is 251 g/mol. The van der Waals surface area contributed by atoms with E-state index in [4.69, 9.17) is 11.6 Å². The molecule has 0 spiro atoms. The minimum atomic E-state index is -0.541.